The summed E-state index contributed by atoms with van der Waals surface area (Å²) in [5, 5.41) is 14.5. The number of hydrogen-bond donors (Lipinski definition) is 2. The molecule has 3 aromatic rings. The van der Waals surface area contributed by atoms with Gasteiger partial charge in [0.25, 0.3) is 12.0 Å². The largest absolute Gasteiger partial charge is 0.385 e. The van der Waals surface area contributed by atoms with Gasteiger partial charge in [-0.3, -0.25) is 13.6 Å². The van der Waals surface area contributed by atoms with Crippen molar-refractivity contribution in [1.82, 2.24) is 14.5 Å². The van der Waals surface area contributed by atoms with Crippen LogP contribution in [0.2, 0.25) is 0 Å². The monoisotopic (exact) mass is 478 g/mol. The van der Waals surface area contributed by atoms with Gasteiger partial charge < -0.3 is 10.4 Å². The van der Waals surface area contributed by atoms with E-state index in [1.54, 1.807) is 0 Å². The van der Waals surface area contributed by atoms with E-state index in [9.17, 15) is 27.3 Å². The van der Waals surface area contributed by atoms with E-state index in [4.69, 9.17) is 0 Å². The van der Waals surface area contributed by atoms with Gasteiger partial charge in [-0.15, -0.1) is 0 Å². The van der Waals surface area contributed by atoms with Crippen LogP contribution in [0.3, 0.4) is 0 Å². The fourth-order valence-corrected chi connectivity index (χ4v) is 6.74. The molecule has 2 aromatic heterocycles. The summed E-state index contributed by atoms with van der Waals surface area (Å²) >= 11 is 0. The first kappa shape index (κ1) is 22.0. The van der Waals surface area contributed by atoms with Crippen molar-refractivity contribution in [3.8, 4) is 0 Å². The van der Waals surface area contributed by atoms with Crippen LogP contribution in [0.25, 0.3) is 11.0 Å². The number of aryl methyl sites for hydroxylation is 1. The molecule has 0 amide bonds. The highest BCUT2D eigenvalue weighted by molar-refractivity contribution is 7.86. The molecular formula is C22H21F3N4O3S. The van der Waals surface area contributed by atoms with E-state index in [1.807, 2.05) is 0 Å². The third-order valence-electron chi connectivity index (χ3n) is 6.56. The SMILES string of the molecule is Cn1c(=O)c(C2(O)CC3(CS(=O)C3)C2)cc2c(NCc3cccc(C(F)F)c3F)ncnc21. The van der Waals surface area contributed by atoms with E-state index in [-0.39, 0.29) is 34.5 Å². The fourth-order valence-electron chi connectivity index (χ4n) is 5.05. The summed E-state index contributed by atoms with van der Waals surface area (Å²) in [6.07, 6.45) is -0.975. The summed E-state index contributed by atoms with van der Waals surface area (Å²) in [7, 11) is 0.670. The molecule has 3 heterocycles. The van der Waals surface area contributed by atoms with Crippen molar-refractivity contribution in [1.29, 1.82) is 0 Å². The van der Waals surface area contributed by atoms with E-state index >= 15 is 0 Å². The third kappa shape index (κ3) is 3.54. The van der Waals surface area contributed by atoms with E-state index in [0.717, 1.165) is 6.07 Å². The minimum Gasteiger partial charge on any atom is -0.385 e. The molecule has 174 valence electrons. The quantitative estimate of drug-likeness (QED) is 0.586. The summed E-state index contributed by atoms with van der Waals surface area (Å²) in [6, 6.07) is 5.33. The Bertz CT molecular complexity index is 1340. The molecule has 0 bridgehead atoms. The molecule has 7 nitrogen and oxygen atoms in total. The normalized spacial score (nSPS) is 26.4. The van der Waals surface area contributed by atoms with Gasteiger partial charge in [0.05, 0.1) is 16.6 Å². The predicted octanol–water partition coefficient (Wildman–Crippen LogP) is 2.75. The molecule has 0 atom stereocenters. The molecule has 0 radical (unpaired) electrons. The Balaban J connectivity index is 1.49. The smallest absolute Gasteiger partial charge is 0.266 e. The Labute approximate surface area is 189 Å². The van der Waals surface area contributed by atoms with Gasteiger partial charge in [-0.2, -0.15) is 0 Å². The minimum atomic E-state index is -2.93. The summed E-state index contributed by atoms with van der Waals surface area (Å²) < 4.78 is 53.3. The van der Waals surface area contributed by atoms with Crippen LogP contribution in [0.4, 0.5) is 19.0 Å². The summed E-state index contributed by atoms with van der Waals surface area (Å²) in [4.78, 5) is 21.3. The third-order valence-corrected chi connectivity index (χ3v) is 8.43. The zero-order valence-corrected chi connectivity index (χ0v) is 18.5. The van der Waals surface area contributed by atoms with Gasteiger partial charge in [0.1, 0.15) is 23.6 Å². The van der Waals surface area contributed by atoms with Crippen LogP contribution in [0.5, 0.6) is 0 Å². The number of anilines is 1. The minimum absolute atomic E-state index is 0.0437. The van der Waals surface area contributed by atoms with Crippen molar-refractivity contribution in [2.24, 2.45) is 12.5 Å². The van der Waals surface area contributed by atoms with Crippen molar-refractivity contribution in [3.63, 3.8) is 0 Å². The fraction of sp³-hybridized carbons (Fsp3) is 0.409. The van der Waals surface area contributed by atoms with Crippen molar-refractivity contribution < 1.29 is 22.5 Å². The number of aromatic nitrogens is 3. The van der Waals surface area contributed by atoms with Gasteiger partial charge in [0.2, 0.25) is 0 Å². The maximum absolute atomic E-state index is 14.4. The Morgan fingerprint density at radius 2 is 2.00 bits per heavy atom. The lowest BCUT2D eigenvalue weighted by atomic mass is 9.58. The van der Waals surface area contributed by atoms with Crippen LogP contribution in [-0.2, 0) is 30.0 Å². The van der Waals surface area contributed by atoms with Gasteiger partial charge >= 0.3 is 0 Å². The molecule has 5 rings (SSSR count). The first-order valence-corrected chi connectivity index (χ1v) is 11.8. The lowest BCUT2D eigenvalue weighted by Crippen LogP contribution is -2.61. The number of aliphatic hydroxyl groups is 1. The maximum Gasteiger partial charge on any atom is 0.266 e. The number of rotatable bonds is 5. The molecule has 1 aliphatic heterocycles. The van der Waals surface area contributed by atoms with E-state index < -0.39 is 34.2 Å². The van der Waals surface area contributed by atoms with Gasteiger partial charge in [0.15, 0.2) is 0 Å². The number of benzene rings is 1. The highest BCUT2D eigenvalue weighted by atomic mass is 32.2. The Kier molecular flexibility index (Phi) is 5.09. The lowest BCUT2D eigenvalue weighted by molar-refractivity contribution is -0.121. The van der Waals surface area contributed by atoms with Crippen LogP contribution >= 0.6 is 0 Å². The topological polar surface area (TPSA) is 97.1 Å². The molecule has 2 N–H and O–H groups in total. The molecule has 33 heavy (non-hydrogen) atoms. The number of nitrogens with zero attached hydrogens (tertiary/aromatic N) is 3. The van der Waals surface area contributed by atoms with Gasteiger partial charge in [-0.25, -0.2) is 23.1 Å². The average Bonchev–Trinajstić information content (AvgIpc) is 2.73. The number of fused-ring (bicyclic) bond motifs is 1. The zero-order valence-electron chi connectivity index (χ0n) is 17.6. The first-order chi connectivity index (χ1) is 15.6. The van der Waals surface area contributed by atoms with Crippen molar-refractivity contribution >= 4 is 27.7 Å². The average molecular weight is 478 g/mol. The second-order valence-corrected chi connectivity index (χ2v) is 10.4. The second-order valence-electron chi connectivity index (χ2n) is 8.97. The Hall–Kier alpha value is -2.79. The predicted molar refractivity (Wildman–Crippen MR) is 117 cm³/mol. The number of halogens is 3. The number of nitrogens with one attached hydrogen (secondary N) is 1. The van der Waals surface area contributed by atoms with Gasteiger partial charge in [-0.1, -0.05) is 18.2 Å². The molecule has 1 spiro atoms. The van der Waals surface area contributed by atoms with Crippen LogP contribution < -0.4 is 10.9 Å². The molecule has 2 fully saturated rings. The van der Waals surface area contributed by atoms with Crippen molar-refractivity contribution in [2.45, 2.75) is 31.4 Å². The highest BCUT2D eigenvalue weighted by Crippen LogP contribution is 2.58. The first-order valence-electron chi connectivity index (χ1n) is 10.3. The Morgan fingerprint density at radius 1 is 1.27 bits per heavy atom. The van der Waals surface area contributed by atoms with Gasteiger partial charge in [0, 0.05) is 47.0 Å². The lowest BCUT2D eigenvalue weighted by Gasteiger charge is -2.57. The summed E-state index contributed by atoms with van der Waals surface area (Å²) in [5.41, 5.74) is -2.03. The zero-order chi connectivity index (χ0) is 23.5. The van der Waals surface area contributed by atoms with Crippen molar-refractivity contribution in [3.05, 3.63) is 63.5 Å². The van der Waals surface area contributed by atoms with Crippen LogP contribution in [0, 0.1) is 11.2 Å². The van der Waals surface area contributed by atoms with Crippen LogP contribution in [-0.4, -0.2) is 35.4 Å². The number of pyridine rings is 1. The highest BCUT2D eigenvalue weighted by Gasteiger charge is 2.61. The molecule has 1 aliphatic carbocycles. The molecule has 1 saturated carbocycles. The summed E-state index contributed by atoms with van der Waals surface area (Å²) in [5.74, 6) is 0.351. The Morgan fingerprint density at radius 3 is 2.67 bits per heavy atom. The van der Waals surface area contributed by atoms with Crippen LogP contribution in [0.1, 0.15) is 36.0 Å². The van der Waals surface area contributed by atoms with Gasteiger partial charge in [-0.05, 0) is 24.3 Å². The number of alkyl halides is 2. The molecule has 0 unspecified atom stereocenters. The molecule has 1 aromatic carbocycles. The molecule has 11 heteroatoms. The van der Waals surface area contributed by atoms with Crippen molar-refractivity contribution in [2.75, 3.05) is 16.8 Å². The molecular weight excluding hydrogens is 457 g/mol. The summed E-state index contributed by atoms with van der Waals surface area (Å²) in [6.45, 7) is -0.115. The maximum atomic E-state index is 14.4. The van der Waals surface area contributed by atoms with E-state index in [2.05, 4.69) is 15.3 Å². The molecule has 1 saturated heterocycles. The van der Waals surface area contributed by atoms with E-state index in [1.165, 1.54) is 36.1 Å². The standard InChI is InChI=1S/C22H21F3N4O3S/c1-29-19-14(5-15(20(29)30)22(31)7-21(8-22)9-33(32)10-21)18(27-11-28-19)26-6-12-3-2-4-13(16(12)23)17(24)25/h2-5,11,17,31H,6-10H2,1H3,(H,26,27,28). The second kappa shape index (κ2) is 7.63. The van der Waals surface area contributed by atoms with Crippen LogP contribution in [0.15, 0.2) is 35.4 Å². The number of hydrogen-bond acceptors (Lipinski definition) is 6. The van der Waals surface area contributed by atoms with E-state index in [0.29, 0.717) is 35.4 Å². The molecule has 2 aliphatic rings.